The van der Waals surface area contributed by atoms with Gasteiger partial charge in [-0.2, -0.15) is 0 Å². The molecule has 0 aromatic heterocycles. The first-order chi connectivity index (χ1) is 19.6. The van der Waals surface area contributed by atoms with Crippen molar-refractivity contribution >= 4 is 17.7 Å². The van der Waals surface area contributed by atoms with Crippen molar-refractivity contribution in [2.24, 2.45) is 5.41 Å². The Morgan fingerprint density at radius 3 is 1.98 bits per heavy atom. The maximum absolute atomic E-state index is 13.7. The smallest absolute Gasteiger partial charge is 0.243 e. The highest BCUT2D eigenvalue weighted by atomic mass is 16.3. The van der Waals surface area contributed by atoms with Crippen molar-refractivity contribution in [3.05, 3.63) is 84.4 Å². The maximum Gasteiger partial charge on any atom is 0.243 e. The van der Waals surface area contributed by atoms with Gasteiger partial charge in [-0.25, -0.2) is 0 Å². The number of hydrogen-bond donors (Lipinski definition) is 3. The Kier molecular flexibility index (Phi) is 14.3. The monoisotopic (exact) mass is 563 g/mol. The summed E-state index contributed by atoms with van der Waals surface area (Å²) in [7, 11) is 0. The van der Waals surface area contributed by atoms with Crippen LogP contribution in [0.15, 0.2) is 73.3 Å². The van der Waals surface area contributed by atoms with E-state index in [1.807, 2.05) is 81.4 Å². The molecule has 0 heterocycles. The van der Waals surface area contributed by atoms with Crippen LogP contribution in [-0.4, -0.2) is 53.0 Å². The van der Waals surface area contributed by atoms with E-state index in [1.54, 1.807) is 11.0 Å². The SMILES string of the molecule is C=CCN(C(=O)CCC(=O)N[C@H](C(=O)NC(c1ccccc1)c1ccccc1)C(C)(C)C)C(CC)CCCCCO. The number of benzene rings is 2. The number of nitrogens with zero attached hydrogens (tertiary/aromatic N) is 1. The van der Waals surface area contributed by atoms with E-state index >= 15 is 0 Å². The fraction of sp³-hybridized carbons (Fsp3) is 0.500. The molecule has 0 saturated carbocycles. The van der Waals surface area contributed by atoms with Crippen LogP contribution in [0.3, 0.4) is 0 Å². The van der Waals surface area contributed by atoms with Crippen molar-refractivity contribution in [1.29, 1.82) is 0 Å². The molecular formula is C34H49N3O4. The van der Waals surface area contributed by atoms with Crippen LogP contribution in [0.5, 0.6) is 0 Å². The Hall–Kier alpha value is -3.45. The summed E-state index contributed by atoms with van der Waals surface area (Å²) in [5.41, 5.74) is 1.33. The quantitative estimate of drug-likeness (QED) is 0.174. The van der Waals surface area contributed by atoms with Crippen LogP contribution in [0.2, 0.25) is 0 Å². The summed E-state index contributed by atoms with van der Waals surface area (Å²) in [4.78, 5) is 41.7. The summed E-state index contributed by atoms with van der Waals surface area (Å²) < 4.78 is 0. The highest BCUT2D eigenvalue weighted by molar-refractivity contribution is 5.90. The molecule has 0 aliphatic rings. The van der Waals surface area contributed by atoms with E-state index in [-0.39, 0.29) is 49.3 Å². The fourth-order valence-electron chi connectivity index (χ4n) is 4.99. The molecule has 224 valence electrons. The summed E-state index contributed by atoms with van der Waals surface area (Å²) in [5.74, 6) is -0.713. The molecule has 0 spiro atoms. The number of carbonyl (C=O) groups is 3. The Morgan fingerprint density at radius 2 is 1.49 bits per heavy atom. The lowest BCUT2D eigenvalue weighted by Gasteiger charge is -2.33. The van der Waals surface area contributed by atoms with Crippen molar-refractivity contribution in [3.63, 3.8) is 0 Å². The second-order valence-corrected chi connectivity index (χ2v) is 11.6. The molecule has 0 radical (unpaired) electrons. The lowest BCUT2D eigenvalue weighted by Crippen LogP contribution is -2.54. The molecule has 3 amide bonds. The highest BCUT2D eigenvalue weighted by Crippen LogP contribution is 2.25. The van der Waals surface area contributed by atoms with Gasteiger partial charge in [-0.05, 0) is 35.8 Å². The van der Waals surface area contributed by atoms with E-state index in [9.17, 15) is 14.4 Å². The van der Waals surface area contributed by atoms with Crippen molar-refractivity contribution in [2.75, 3.05) is 13.2 Å². The van der Waals surface area contributed by atoms with Gasteiger partial charge in [0.2, 0.25) is 17.7 Å². The van der Waals surface area contributed by atoms with Gasteiger partial charge in [0.15, 0.2) is 0 Å². The minimum absolute atomic E-state index is 0.00587. The van der Waals surface area contributed by atoms with E-state index in [2.05, 4.69) is 24.1 Å². The highest BCUT2D eigenvalue weighted by Gasteiger charge is 2.34. The zero-order valence-corrected chi connectivity index (χ0v) is 25.3. The maximum atomic E-state index is 13.7. The molecule has 41 heavy (non-hydrogen) atoms. The lowest BCUT2D eigenvalue weighted by atomic mass is 9.85. The third kappa shape index (κ3) is 11.2. The van der Waals surface area contributed by atoms with Gasteiger partial charge in [0.25, 0.3) is 0 Å². The first kappa shape index (κ1) is 33.8. The van der Waals surface area contributed by atoms with Gasteiger partial charge < -0.3 is 20.6 Å². The summed E-state index contributed by atoms with van der Waals surface area (Å²) in [5, 5.41) is 15.1. The second-order valence-electron chi connectivity index (χ2n) is 11.6. The van der Waals surface area contributed by atoms with E-state index in [1.165, 1.54) is 0 Å². The largest absolute Gasteiger partial charge is 0.396 e. The molecule has 0 bridgehead atoms. The Bertz CT molecular complexity index is 1040. The molecule has 2 aromatic rings. The number of unbranched alkanes of at least 4 members (excludes halogenated alkanes) is 2. The standard InChI is InChI=1S/C34H49N3O4/c1-6-24-37(28(7-2)21-15-10-16-25-38)30(40)23-22-29(39)35-32(34(3,4)5)33(41)36-31(26-17-11-8-12-18-26)27-19-13-9-14-20-27/h6,8-9,11-14,17-20,28,31-32,38H,1,7,10,15-16,21-25H2,2-5H3,(H,35,39)(H,36,41)/t28?,32-/m1/s1. The third-order valence-electron chi connectivity index (χ3n) is 7.31. The topological polar surface area (TPSA) is 98.7 Å². The van der Waals surface area contributed by atoms with Gasteiger partial charge in [0.05, 0.1) is 6.04 Å². The molecule has 0 aliphatic heterocycles. The number of rotatable bonds is 17. The number of nitrogens with one attached hydrogen (secondary N) is 2. The van der Waals surface area contributed by atoms with E-state index in [0.717, 1.165) is 43.2 Å². The van der Waals surface area contributed by atoms with Crippen LogP contribution >= 0.6 is 0 Å². The average Bonchev–Trinajstić information content (AvgIpc) is 2.96. The van der Waals surface area contributed by atoms with Crippen molar-refractivity contribution in [3.8, 4) is 0 Å². The molecule has 7 heteroatoms. The number of amides is 3. The molecule has 0 saturated heterocycles. The molecule has 2 atom stereocenters. The lowest BCUT2D eigenvalue weighted by molar-refractivity contribution is -0.136. The van der Waals surface area contributed by atoms with Gasteiger partial charge in [-0.15, -0.1) is 6.58 Å². The van der Waals surface area contributed by atoms with E-state index in [4.69, 9.17) is 5.11 Å². The van der Waals surface area contributed by atoms with E-state index < -0.39 is 11.5 Å². The molecule has 7 nitrogen and oxygen atoms in total. The van der Waals surface area contributed by atoms with Crippen molar-refractivity contribution in [2.45, 2.75) is 90.8 Å². The third-order valence-corrected chi connectivity index (χ3v) is 7.31. The van der Waals surface area contributed by atoms with Crippen LogP contribution in [0.1, 0.15) is 89.8 Å². The number of aliphatic hydroxyl groups excluding tert-OH is 1. The molecular weight excluding hydrogens is 514 g/mol. The molecule has 1 unspecified atom stereocenters. The predicted octanol–water partition coefficient (Wildman–Crippen LogP) is 5.55. The summed E-state index contributed by atoms with van der Waals surface area (Å²) >= 11 is 0. The van der Waals surface area contributed by atoms with Crippen molar-refractivity contribution < 1.29 is 19.5 Å². The second kappa shape index (κ2) is 17.4. The minimum Gasteiger partial charge on any atom is -0.396 e. The predicted molar refractivity (Wildman–Crippen MR) is 165 cm³/mol. The Balaban J connectivity index is 2.09. The van der Waals surface area contributed by atoms with Crippen LogP contribution < -0.4 is 10.6 Å². The van der Waals surface area contributed by atoms with Crippen LogP contribution in [0.4, 0.5) is 0 Å². The van der Waals surface area contributed by atoms with Crippen LogP contribution in [0, 0.1) is 5.41 Å². The number of aliphatic hydroxyl groups is 1. The van der Waals surface area contributed by atoms with Crippen LogP contribution in [-0.2, 0) is 14.4 Å². The molecule has 3 N–H and O–H groups in total. The van der Waals surface area contributed by atoms with Crippen LogP contribution in [0.25, 0.3) is 0 Å². The number of carbonyl (C=O) groups excluding carboxylic acids is 3. The Morgan fingerprint density at radius 1 is 0.902 bits per heavy atom. The van der Waals surface area contributed by atoms with E-state index in [0.29, 0.717) is 6.54 Å². The molecule has 2 rings (SSSR count). The van der Waals surface area contributed by atoms with Gasteiger partial charge in [-0.3, -0.25) is 14.4 Å². The summed E-state index contributed by atoms with van der Waals surface area (Å²) in [6.45, 7) is 12.2. The number of hydrogen-bond acceptors (Lipinski definition) is 4. The Labute approximate surface area is 246 Å². The molecule has 0 aliphatic carbocycles. The van der Waals surface area contributed by atoms with Gasteiger partial charge in [0, 0.05) is 32.0 Å². The van der Waals surface area contributed by atoms with Crippen molar-refractivity contribution in [1.82, 2.24) is 15.5 Å². The zero-order chi connectivity index (χ0) is 30.3. The average molecular weight is 564 g/mol. The van der Waals surface area contributed by atoms with Gasteiger partial charge in [-0.1, -0.05) is 107 Å². The molecule has 0 fully saturated rings. The zero-order valence-electron chi connectivity index (χ0n) is 25.3. The first-order valence-corrected chi connectivity index (χ1v) is 14.8. The normalized spacial score (nSPS) is 12.8. The fourth-order valence-corrected chi connectivity index (χ4v) is 4.99. The van der Waals surface area contributed by atoms with Gasteiger partial charge in [0.1, 0.15) is 6.04 Å². The first-order valence-electron chi connectivity index (χ1n) is 14.8. The molecule has 2 aromatic carbocycles. The minimum atomic E-state index is -0.792. The van der Waals surface area contributed by atoms with Gasteiger partial charge >= 0.3 is 0 Å². The summed E-state index contributed by atoms with van der Waals surface area (Å²) in [6, 6.07) is 18.4. The summed E-state index contributed by atoms with van der Waals surface area (Å²) in [6.07, 6.45) is 6.01.